The van der Waals surface area contributed by atoms with E-state index in [4.69, 9.17) is 5.26 Å². The summed E-state index contributed by atoms with van der Waals surface area (Å²) in [6.07, 6.45) is 0. The molecule has 0 unspecified atom stereocenters. The van der Waals surface area contributed by atoms with Crippen LogP contribution in [0.3, 0.4) is 0 Å². The topological polar surface area (TPSA) is 79.5 Å². The second kappa shape index (κ2) is 3.61. The first kappa shape index (κ1) is 11.7. The van der Waals surface area contributed by atoms with E-state index in [1.165, 1.54) is 6.07 Å². The average molecular weight is 216 g/mol. The molecule has 0 saturated heterocycles. The van der Waals surface area contributed by atoms with Gasteiger partial charge in [0.15, 0.2) is 5.71 Å². The highest BCUT2D eigenvalue weighted by atomic mass is 32.2. The fraction of sp³-hybridized carbons (Fsp3) is 0.500. The van der Waals surface area contributed by atoms with E-state index in [9.17, 15) is 21.6 Å². The highest BCUT2D eigenvalue weighted by molar-refractivity contribution is 7.87. The summed E-state index contributed by atoms with van der Waals surface area (Å²) < 4.78 is 57.9. The Bertz CT molecular complexity index is 350. The fourth-order valence-electron chi connectivity index (χ4n) is 0.168. The molecule has 0 aliphatic heterocycles. The number of nitrogens with zero attached hydrogens (tertiary/aromatic N) is 2. The van der Waals surface area contributed by atoms with Crippen LogP contribution in [0.25, 0.3) is 0 Å². The Balaban J connectivity index is 4.69. The maximum atomic E-state index is 11.5. The van der Waals surface area contributed by atoms with Crippen LogP contribution in [0, 0.1) is 11.3 Å². The monoisotopic (exact) mass is 216 g/mol. The summed E-state index contributed by atoms with van der Waals surface area (Å²) in [5.41, 5.74) is -6.07. The van der Waals surface area contributed by atoms with Gasteiger partial charge in [0.2, 0.25) is 0 Å². The molecule has 5 nitrogen and oxygen atoms in total. The second-order valence-corrected chi connectivity index (χ2v) is 3.28. The van der Waals surface area contributed by atoms with E-state index < -0.39 is 21.3 Å². The molecule has 0 radical (unpaired) electrons. The average Bonchev–Trinajstić information content (AvgIpc) is 1.98. The molecule has 0 amide bonds. The number of rotatable bonds is 2. The maximum Gasteiger partial charge on any atom is 0.536 e. The Labute approximate surface area is 71.5 Å². The highest BCUT2D eigenvalue weighted by Gasteiger charge is 2.49. The normalized spacial score (nSPS) is 13.6. The third-order valence-electron chi connectivity index (χ3n) is 0.718. The van der Waals surface area contributed by atoms with E-state index in [1.54, 1.807) is 0 Å². The van der Waals surface area contributed by atoms with Crippen LogP contribution in [-0.2, 0) is 14.4 Å². The molecule has 0 atom stereocenters. The van der Waals surface area contributed by atoms with Gasteiger partial charge in [-0.1, -0.05) is 5.16 Å². The van der Waals surface area contributed by atoms with Crippen molar-refractivity contribution in [2.24, 2.45) is 5.16 Å². The number of oxime groups is 1. The molecule has 9 heteroatoms. The van der Waals surface area contributed by atoms with Gasteiger partial charge in [0.25, 0.3) is 0 Å². The molecule has 74 valence electrons. The summed E-state index contributed by atoms with van der Waals surface area (Å²) in [6.45, 7) is 0.992. The Hall–Kier alpha value is -1.30. The third-order valence-corrected chi connectivity index (χ3v) is 1.56. The SMILES string of the molecule is C/C(C#N)=N/OS(=O)(=O)C(F)(F)F. The molecule has 0 saturated carbocycles. The van der Waals surface area contributed by atoms with Gasteiger partial charge in [0.1, 0.15) is 6.07 Å². The number of nitriles is 1. The summed E-state index contributed by atoms with van der Waals surface area (Å²) >= 11 is 0. The van der Waals surface area contributed by atoms with Gasteiger partial charge in [-0.15, -0.1) is 0 Å². The van der Waals surface area contributed by atoms with Crippen molar-refractivity contribution in [1.29, 1.82) is 5.26 Å². The van der Waals surface area contributed by atoms with Crippen LogP contribution in [0.2, 0.25) is 0 Å². The van der Waals surface area contributed by atoms with Crippen LogP contribution in [0.1, 0.15) is 6.92 Å². The number of hydrogen-bond acceptors (Lipinski definition) is 5. The van der Waals surface area contributed by atoms with Crippen molar-refractivity contribution < 1.29 is 25.9 Å². The second-order valence-electron chi connectivity index (χ2n) is 1.76. The summed E-state index contributed by atoms with van der Waals surface area (Å²) in [5.74, 6) is 0. The zero-order valence-corrected chi connectivity index (χ0v) is 6.98. The molecule has 0 spiro atoms. The number of halogens is 3. The van der Waals surface area contributed by atoms with Crippen LogP contribution in [-0.4, -0.2) is 19.6 Å². The fourth-order valence-corrected chi connectivity index (χ4v) is 0.462. The minimum absolute atomic E-state index is 0.534. The summed E-state index contributed by atoms with van der Waals surface area (Å²) in [4.78, 5) is 0. The number of hydrogen-bond donors (Lipinski definition) is 0. The molecule has 0 aliphatic carbocycles. The van der Waals surface area contributed by atoms with Crippen LogP contribution >= 0.6 is 0 Å². The maximum absolute atomic E-state index is 11.5. The van der Waals surface area contributed by atoms with Crippen molar-refractivity contribution in [1.82, 2.24) is 0 Å². The van der Waals surface area contributed by atoms with Crippen LogP contribution < -0.4 is 0 Å². The summed E-state index contributed by atoms with van der Waals surface area (Å²) in [5, 5.41) is 10.4. The Morgan fingerprint density at radius 1 is 1.54 bits per heavy atom. The van der Waals surface area contributed by atoms with Crippen LogP contribution in [0.5, 0.6) is 0 Å². The molecule has 0 aromatic rings. The molecule has 0 N–H and O–H groups in total. The largest absolute Gasteiger partial charge is 0.536 e. The van der Waals surface area contributed by atoms with Gasteiger partial charge in [-0.05, 0) is 6.92 Å². The van der Waals surface area contributed by atoms with E-state index in [0.29, 0.717) is 0 Å². The molecular formula is C4H3F3N2O3S. The van der Waals surface area contributed by atoms with Crippen molar-refractivity contribution in [2.45, 2.75) is 12.4 Å². The predicted octanol–water partition coefficient (Wildman–Crippen LogP) is 0.752. The zero-order valence-electron chi connectivity index (χ0n) is 6.16. The van der Waals surface area contributed by atoms with E-state index in [1.807, 2.05) is 0 Å². The van der Waals surface area contributed by atoms with Crippen LogP contribution in [0.4, 0.5) is 13.2 Å². The first-order chi connectivity index (χ1) is 5.70. The molecule has 0 fully saturated rings. The summed E-state index contributed by atoms with van der Waals surface area (Å²) in [7, 11) is -5.74. The Morgan fingerprint density at radius 3 is 2.31 bits per heavy atom. The molecule has 0 aromatic carbocycles. The Kier molecular flexibility index (Phi) is 3.25. The van der Waals surface area contributed by atoms with E-state index in [2.05, 4.69) is 9.44 Å². The van der Waals surface area contributed by atoms with Crippen molar-refractivity contribution in [3.8, 4) is 6.07 Å². The Morgan fingerprint density at radius 2 is 2.00 bits per heavy atom. The molecule has 0 bridgehead atoms. The first-order valence-electron chi connectivity index (χ1n) is 2.65. The lowest BCUT2D eigenvalue weighted by molar-refractivity contribution is -0.0540. The minimum Gasteiger partial charge on any atom is -0.261 e. The van der Waals surface area contributed by atoms with E-state index in [0.717, 1.165) is 6.92 Å². The van der Waals surface area contributed by atoms with Gasteiger partial charge < -0.3 is 0 Å². The van der Waals surface area contributed by atoms with Crippen molar-refractivity contribution in [2.75, 3.05) is 0 Å². The molecule has 0 rings (SSSR count). The standard InChI is InChI=1S/C4H3F3N2O3S/c1-3(2-8)9-12-13(10,11)4(5,6)7/h1H3/b9-3-. The van der Waals surface area contributed by atoms with Gasteiger partial charge in [-0.3, -0.25) is 4.28 Å². The third kappa shape index (κ3) is 3.29. The van der Waals surface area contributed by atoms with Crippen molar-refractivity contribution in [3.05, 3.63) is 0 Å². The van der Waals surface area contributed by atoms with Crippen molar-refractivity contribution in [3.63, 3.8) is 0 Å². The lowest BCUT2D eigenvalue weighted by atomic mass is 10.5. The van der Waals surface area contributed by atoms with E-state index in [-0.39, 0.29) is 0 Å². The lowest BCUT2D eigenvalue weighted by Crippen LogP contribution is -2.24. The van der Waals surface area contributed by atoms with Gasteiger partial charge in [0.05, 0.1) is 0 Å². The molecule has 0 aliphatic rings. The van der Waals surface area contributed by atoms with Crippen molar-refractivity contribution >= 4 is 15.8 Å². The molecule has 13 heavy (non-hydrogen) atoms. The first-order valence-corrected chi connectivity index (χ1v) is 4.06. The van der Waals surface area contributed by atoms with Gasteiger partial charge in [-0.2, -0.15) is 26.9 Å². The molecule has 0 heterocycles. The molecular weight excluding hydrogens is 213 g/mol. The highest BCUT2D eigenvalue weighted by Crippen LogP contribution is 2.24. The smallest absolute Gasteiger partial charge is 0.261 e. The summed E-state index contributed by atoms with van der Waals surface area (Å²) in [6, 6.07) is 1.28. The lowest BCUT2D eigenvalue weighted by Gasteiger charge is -2.03. The van der Waals surface area contributed by atoms with E-state index >= 15 is 0 Å². The van der Waals surface area contributed by atoms with Gasteiger partial charge >= 0.3 is 15.6 Å². The quantitative estimate of drug-likeness (QED) is 0.387. The van der Waals surface area contributed by atoms with Gasteiger partial charge in [-0.25, -0.2) is 0 Å². The minimum atomic E-state index is -5.74. The predicted molar refractivity (Wildman–Crippen MR) is 34.8 cm³/mol. The van der Waals surface area contributed by atoms with Gasteiger partial charge in [0, 0.05) is 0 Å². The molecule has 0 aromatic heterocycles. The number of alkyl halides is 3. The van der Waals surface area contributed by atoms with Crippen LogP contribution in [0.15, 0.2) is 5.16 Å². The zero-order chi connectivity index (χ0) is 10.7.